The molecule has 1 aliphatic heterocycles. The van der Waals surface area contributed by atoms with E-state index in [1.165, 1.54) is 5.56 Å². The largest absolute Gasteiger partial charge is 0.341 e. The van der Waals surface area contributed by atoms with E-state index in [0.717, 1.165) is 48.4 Å². The molecule has 2 aromatic carbocycles. The fraction of sp³-hybridized carbons (Fsp3) is 0.333. The lowest BCUT2D eigenvalue weighted by Gasteiger charge is -2.25. The van der Waals surface area contributed by atoms with Crippen LogP contribution in [0.5, 0.6) is 0 Å². The van der Waals surface area contributed by atoms with E-state index < -0.39 is 0 Å². The molecule has 2 heterocycles. The van der Waals surface area contributed by atoms with Gasteiger partial charge in [-0.05, 0) is 42.7 Å². The minimum Gasteiger partial charge on any atom is -0.341 e. The summed E-state index contributed by atoms with van der Waals surface area (Å²) in [5.41, 5.74) is 3.20. The molecule has 1 fully saturated rings. The Bertz CT molecular complexity index is 903. The zero-order valence-corrected chi connectivity index (χ0v) is 15.4. The van der Waals surface area contributed by atoms with Gasteiger partial charge in [-0.25, -0.2) is 4.98 Å². The van der Waals surface area contributed by atoms with Crippen LogP contribution in [0.4, 0.5) is 0 Å². The number of amides is 1. The average molecular weight is 368 g/mol. The lowest BCUT2D eigenvalue weighted by atomic mass is 9.94. The Balaban J connectivity index is 1.50. The first kappa shape index (κ1) is 17.1. The fourth-order valence-electron chi connectivity index (χ4n) is 3.76. The van der Waals surface area contributed by atoms with E-state index >= 15 is 0 Å². The van der Waals surface area contributed by atoms with E-state index in [2.05, 4.69) is 17.1 Å². The summed E-state index contributed by atoms with van der Waals surface area (Å²) in [6.45, 7) is 1.94. The lowest BCUT2D eigenvalue weighted by Crippen LogP contribution is -2.36. The Morgan fingerprint density at radius 3 is 2.77 bits per heavy atom. The maximum Gasteiger partial charge on any atom is 0.242 e. The second-order valence-corrected chi connectivity index (χ2v) is 7.38. The summed E-state index contributed by atoms with van der Waals surface area (Å²) in [5, 5.41) is 0.752. The van der Waals surface area contributed by atoms with Crippen molar-refractivity contribution < 1.29 is 4.79 Å². The van der Waals surface area contributed by atoms with Gasteiger partial charge in [-0.1, -0.05) is 42.3 Å². The van der Waals surface area contributed by atoms with Gasteiger partial charge in [0.1, 0.15) is 6.54 Å². The average Bonchev–Trinajstić information content (AvgIpc) is 2.89. The van der Waals surface area contributed by atoms with Gasteiger partial charge >= 0.3 is 0 Å². The summed E-state index contributed by atoms with van der Waals surface area (Å²) in [7, 11) is 0. The van der Waals surface area contributed by atoms with E-state index in [4.69, 9.17) is 11.6 Å². The molecule has 1 amide bonds. The fourth-order valence-corrected chi connectivity index (χ4v) is 3.88. The minimum absolute atomic E-state index is 0.161. The van der Waals surface area contributed by atoms with Crippen LogP contribution in [0.1, 0.15) is 30.7 Å². The summed E-state index contributed by atoms with van der Waals surface area (Å²) in [4.78, 5) is 19.3. The number of aromatic nitrogens is 2. The molecule has 1 saturated heterocycles. The molecule has 4 rings (SSSR count). The molecule has 26 heavy (non-hydrogen) atoms. The summed E-state index contributed by atoms with van der Waals surface area (Å²) < 4.78 is 1.94. The van der Waals surface area contributed by atoms with Crippen molar-refractivity contribution >= 4 is 28.5 Å². The molecule has 3 aromatic rings. The van der Waals surface area contributed by atoms with Crippen LogP contribution in [0.2, 0.25) is 5.02 Å². The van der Waals surface area contributed by atoms with Crippen molar-refractivity contribution in [3.63, 3.8) is 0 Å². The molecule has 1 aromatic heterocycles. The second kappa shape index (κ2) is 7.50. The number of halogens is 1. The minimum atomic E-state index is 0.161. The van der Waals surface area contributed by atoms with Crippen LogP contribution in [-0.2, 0) is 11.3 Å². The molecular formula is C21H22ClN3O. The van der Waals surface area contributed by atoms with E-state index in [0.29, 0.717) is 12.5 Å². The Kier molecular flexibility index (Phi) is 4.93. The first-order valence-corrected chi connectivity index (χ1v) is 9.51. The standard InChI is InChI=1S/C21H22ClN3O/c22-18-10-8-16(9-11-18)17-5-3-4-12-24(13-17)21(26)14-25-15-23-19-6-1-2-7-20(19)25/h1-2,6-11,15,17H,3-5,12-14H2/t17-/m1/s1. The normalized spacial score (nSPS) is 18.0. The van der Waals surface area contributed by atoms with E-state index in [9.17, 15) is 4.79 Å². The smallest absolute Gasteiger partial charge is 0.242 e. The zero-order chi connectivity index (χ0) is 17.9. The SMILES string of the molecule is O=C(Cn1cnc2ccccc21)N1CCCC[C@@H](c2ccc(Cl)cc2)C1. The van der Waals surface area contributed by atoms with Gasteiger partial charge in [-0.3, -0.25) is 4.79 Å². The number of hydrogen-bond acceptors (Lipinski definition) is 2. The molecule has 0 unspecified atom stereocenters. The lowest BCUT2D eigenvalue weighted by molar-refractivity contribution is -0.131. The maximum atomic E-state index is 12.9. The molecule has 1 atom stereocenters. The monoisotopic (exact) mass is 367 g/mol. The van der Waals surface area contributed by atoms with Crippen LogP contribution in [0.3, 0.4) is 0 Å². The number of para-hydroxylation sites is 2. The summed E-state index contributed by atoms with van der Waals surface area (Å²) in [6.07, 6.45) is 5.07. The summed E-state index contributed by atoms with van der Waals surface area (Å²) in [6, 6.07) is 16.0. The first-order valence-electron chi connectivity index (χ1n) is 9.14. The molecular weight excluding hydrogens is 346 g/mol. The second-order valence-electron chi connectivity index (χ2n) is 6.95. The quantitative estimate of drug-likeness (QED) is 0.684. The van der Waals surface area contributed by atoms with Crippen molar-refractivity contribution in [2.45, 2.75) is 31.7 Å². The number of carbonyl (C=O) groups is 1. The third-order valence-electron chi connectivity index (χ3n) is 5.20. The molecule has 1 aliphatic rings. The van der Waals surface area contributed by atoms with Crippen LogP contribution in [0.15, 0.2) is 54.9 Å². The third-order valence-corrected chi connectivity index (χ3v) is 5.45. The molecule has 134 valence electrons. The third kappa shape index (κ3) is 3.61. The Hall–Kier alpha value is -2.33. The van der Waals surface area contributed by atoms with Crippen LogP contribution >= 0.6 is 11.6 Å². The van der Waals surface area contributed by atoms with Crippen LogP contribution < -0.4 is 0 Å². The molecule has 0 saturated carbocycles. The highest BCUT2D eigenvalue weighted by Crippen LogP contribution is 2.27. The summed E-state index contributed by atoms with van der Waals surface area (Å²) in [5.74, 6) is 0.535. The number of likely N-dealkylation sites (tertiary alicyclic amines) is 1. The Labute approximate surface area is 158 Å². The number of benzene rings is 2. The van der Waals surface area contributed by atoms with Gasteiger partial charge in [0.05, 0.1) is 17.4 Å². The van der Waals surface area contributed by atoms with Crippen molar-refractivity contribution in [2.24, 2.45) is 0 Å². The van der Waals surface area contributed by atoms with Gasteiger partial charge < -0.3 is 9.47 Å². The number of nitrogens with zero attached hydrogens (tertiary/aromatic N) is 3. The van der Waals surface area contributed by atoms with Gasteiger partial charge in [-0.15, -0.1) is 0 Å². The van der Waals surface area contributed by atoms with E-state index in [1.54, 1.807) is 6.33 Å². The first-order chi connectivity index (χ1) is 12.7. The van der Waals surface area contributed by atoms with Crippen molar-refractivity contribution in [3.05, 3.63) is 65.4 Å². The molecule has 0 aliphatic carbocycles. The highest BCUT2D eigenvalue weighted by atomic mass is 35.5. The molecule has 0 radical (unpaired) electrons. The number of fused-ring (bicyclic) bond motifs is 1. The number of rotatable bonds is 3. The van der Waals surface area contributed by atoms with Gasteiger partial charge in [0.15, 0.2) is 0 Å². The summed E-state index contributed by atoms with van der Waals surface area (Å²) >= 11 is 6.02. The predicted octanol–water partition coefficient (Wildman–Crippen LogP) is 4.49. The van der Waals surface area contributed by atoms with Crippen molar-refractivity contribution in [2.75, 3.05) is 13.1 Å². The van der Waals surface area contributed by atoms with E-state index in [-0.39, 0.29) is 5.91 Å². The maximum absolute atomic E-state index is 12.9. The van der Waals surface area contributed by atoms with Gasteiger partial charge in [0.25, 0.3) is 0 Å². The van der Waals surface area contributed by atoms with Crippen LogP contribution in [0, 0.1) is 0 Å². The number of carbonyl (C=O) groups excluding carboxylic acids is 1. The Morgan fingerprint density at radius 2 is 1.92 bits per heavy atom. The van der Waals surface area contributed by atoms with Crippen molar-refractivity contribution in [3.8, 4) is 0 Å². The van der Waals surface area contributed by atoms with Crippen molar-refractivity contribution in [1.29, 1.82) is 0 Å². The molecule has 5 heteroatoms. The number of hydrogen-bond donors (Lipinski definition) is 0. The highest BCUT2D eigenvalue weighted by molar-refractivity contribution is 6.30. The van der Waals surface area contributed by atoms with Gasteiger partial charge in [-0.2, -0.15) is 0 Å². The molecule has 0 bridgehead atoms. The van der Waals surface area contributed by atoms with Crippen LogP contribution in [-0.4, -0.2) is 33.4 Å². The highest BCUT2D eigenvalue weighted by Gasteiger charge is 2.23. The zero-order valence-electron chi connectivity index (χ0n) is 14.6. The topological polar surface area (TPSA) is 38.1 Å². The number of imidazole rings is 1. The predicted molar refractivity (Wildman–Crippen MR) is 104 cm³/mol. The van der Waals surface area contributed by atoms with E-state index in [1.807, 2.05) is 45.9 Å². The molecule has 4 nitrogen and oxygen atoms in total. The van der Waals surface area contributed by atoms with Crippen molar-refractivity contribution in [1.82, 2.24) is 14.5 Å². The molecule has 0 N–H and O–H groups in total. The molecule has 0 spiro atoms. The van der Waals surface area contributed by atoms with Crippen LogP contribution in [0.25, 0.3) is 11.0 Å². The van der Waals surface area contributed by atoms with Gasteiger partial charge in [0.2, 0.25) is 5.91 Å². The Morgan fingerprint density at radius 1 is 1.12 bits per heavy atom. The van der Waals surface area contributed by atoms with Gasteiger partial charge in [0, 0.05) is 24.0 Å².